The molecular weight excluding hydrogens is 398 g/mol. The lowest BCUT2D eigenvalue weighted by atomic mass is 10.1. The SMILES string of the molecule is COCc1c(C(=O)OC(C)C)ncc2[nH]c3ccc(Oc4cccc(OC)n4)cc3c12. The molecule has 160 valence electrons. The van der Waals surface area contributed by atoms with Gasteiger partial charge in [-0.1, -0.05) is 6.07 Å². The maximum atomic E-state index is 12.6. The van der Waals surface area contributed by atoms with E-state index in [0.29, 0.717) is 23.1 Å². The minimum Gasteiger partial charge on any atom is -0.481 e. The smallest absolute Gasteiger partial charge is 0.357 e. The van der Waals surface area contributed by atoms with Gasteiger partial charge in [0.1, 0.15) is 5.75 Å². The Balaban J connectivity index is 1.83. The van der Waals surface area contributed by atoms with Crippen molar-refractivity contribution in [1.29, 1.82) is 0 Å². The van der Waals surface area contributed by atoms with Crippen molar-refractivity contribution in [3.63, 3.8) is 0 Å². The summed E-state index contributed by atoms with van der Waals surface area (Å²) in [6.45, 7) is 3.81. The molecule has 0 aliphatic rings. The summed E-state index contributed by atoms with van der Waals surface area (Å²) in [5.74, 6) is 0.998. The lowest BCUT2D eigenvalue weighted by Crippen LogP contribution is -2.15. The van der Waals surface area contributed by atoms with Crippen LogP contribution in [-0.4, -0.2) is 41.2 Å². The van der Waals surface area contributed by atoms with Crippen molar-refractivity contribution < 1.29 is 23.7 Å². The molecule has 31 heavy (non-hydrogen) atoms. The number of hydrogen-bond donors (Lipinski definition) is 1. The van der Waals surface area contributed by atoms with Crippen LogP contribution in [0.3, 0.4) is 0 Å². The number of pyridine rings is 2. The van der Waals surface area contributed by atoms with Gasteiger partial charge in [0.25, 0.3) is 0 Å². The van der Waals surface area contributed by atoms with Crippen LogP contribution in [0.25, 0.3) is 21.8 Å². The van der Waals surface area contributed by atoms with Crippen LogP contribution in [0.2, 0.25) is 0 Å². The van der Waals surface area contributed by atoms with Crippen molar-refractivity contribution in [2.24, 2.45) is 0 Å². The molecule has 0 unspecified atom stereocenters. The molecule has 0 saturated heterocycles. The molecule has 0 aliphatic heterocycles. The summed E-state index contributed by atoms with van der Waals surface area (Å²) in [5, 5.41) is 1.72. The van der Waals surface area contributed by atoms with E-state index in [1.807, 2.05) is 18.2 Å². The third kappa shape index (κ3) is 4.15. The third-order valence-electron chi connectivity index (χ3n) is 4.66. The van der Waals surface area contributed by atoms with Crippen LogP contribution in [0.4, 0.5) is 0 Å². The fourth-order valence-electron chi connectivity index (χ4n) is 3.42. The summed E-state index contributed by atoms with van der Waals surface area (Å²) in [6, 6.07) is 11.0. The fourth-order valence-corrected chi connectivity index (χ4v) is 3.42. The molecule has 8 heteroatoms. The highest BCUT2D eigenvalue weighted by molar-refractivity contribution is 6.11. The molecule has 0 spiro atoms. The number of fused-ring (bicyclic) bond motifs is 3. The second kappa shape index (κ2) is 8.61. The van der Waals surface area contributed by atoms with E-state index in [1.54, 1.807) is 52.5 Å². The number of ether oxygens (including phenoxy) is 4. The highest BCUT2D eigenvalue weighted by Crippen LogP contribution is 2.34. The largest absolute Gasteiger partial charge is 0.481 e. The van der Waals surface area contributed by atoms with E-state index in [2.05, 4.69) is 15.0 Å². The second-order valence-electron chi connectivity index (χ2n) is 7.21. The number of rotatable bonds is 7. The van der Waals surface area contributed by atoms with E-state index in [0.717, 1.165) is 21.8 Å². The average Bonchev–Trinajstić information content (AvgIpc) is 3.12. The van der Waals surface area contributed by atoms with Gasteiger partial charge in [-0.2, -0.15) is 4.98 Å². The highest BCUT2D eigenvalue weighted by atomic mass is 16.5. The molecule has 0 radical (unpaired) electrons. The second-order valence-corrected chi connectivity index (χ2v) is 7.21. The van der Waals surface area contributed by atoms with Crippen molar-refractivity contribution in [2.45, 2.75) is 26.6 Å². The minimum atomic E-state index is -0.480. The maximum Gasteiger partial charge on any atom is 0.357 e. The molecule has 4 aromatic rings. The van der Waals surface area contributed by atoms with Gasteiger partial charge in [0.15, 0.2) is 5.69 Å². The molecule has 8 nitrogen and oxygen atoms in total. The summed E-state index contributed by atoms with van der Waals surface area (Å²) >= 11 is 0. The predicted octanol–water partition coefficient (Wildman–Crippen LogP) is 4.62. The molecule has 3 aromatic heterocycles. The van der Waals surface area contributed by atoms with Crippen molar-refractivity contribution in [3.05, 3.63) is 53.9 Å². The zero-order chi connectivity index (χ0) is 22.0. The molecule has 0 amide bonds. The Morgan fingerprint density at radius 1 is 1.10 bits per heavy atom. The number of methoxy groups -OCH3 is 2. The van der Waals surface area contributed by atoms with Crippen LogP contribution >= 0.6 is 0 Å². The summed E-state index contributed by atoms with van der Waals surface area (Å²) in [6.07, 6.45) is 1.38. The lowest BCUT2D eigenvalue weighted by molar-refractivity contribution is 0.0366. The van der Waals surface area contributed by atoms with Gasteiger partial charge in [0, 0.05) is 41.1 Å². The average molecular weight is 421 g/mol. The summed E-state index contributed by atoms with van der Waals surface area (Å²) in [7, 11) is 3.13. The first-order valence-electron chi connectivity index (χ1n) is 9.82. The Morgan fingerprint density at radius 2 is 1.90 bits per heavy atom. The van der Waals surface area contributed by atoms with E-state index >= 15 is 0 Å². The molecule has 4 rings (SSSR count). The van der Waals surface area contributed by atoms with E-state index in [1.165, 1.54) is 0 Å². The lowest BCUT2D eigenvalue weighted by Gasteiger charge is -2.12. The Hall–Kier alpha value is -3.65. The van der Waals surface area contributed by atoms with Gasteiger partial charge in [-0.3, -0.25) is 0 Å². The Morgan fingerprint density at radius 3 is 2.65 bits per heavy atom. The van der Waals surface area contributed by atoms with Crippen LogP contribution in [0.15, 0.2) is 42.6 Å². The molecule has 1 N–H and O–H groups in total. The van der Waals surface area contributed by atoms with Crippen LogP contribution in [0.5, 0.6) is 17.5 Å². The first-order valence-corrected chi connectivity index (χ1v) is 9.82. The Bertz CT molecular complexity index is 1250. The zero-order valence-corrected chi connectivity index (χ0v) is 17.8. The number of hydrogen-bond acceptors (Lipinski definition) is 7. The van der Waals surface area contributed by atoms with Crippen molar-refractivity contribution >= 4 is 27.8 Å². The molecule has 0 bridgehead atoms. The number of carbonyl (C=O) groups is 1. The molecule has 0 aliphatic carbocycles. The van der Waals surface area contributed by atoms with E-state index in [4.69, 9.17) is 18.9 Å². The van der Waals surface area contributed by atoms with Crippen molar-refractivity contribution in [2.75, 3.05) is 14.2 Å². The maximum absolute atomic E-state index is 12.6. The number of H-pyrrole nitrogens is 1. The number of nitrogens with zero attached hydrogens (tertiary/aromatic N) is 2. The van der Waals surface area contributed by atoms with E-state index < -0.39 is 5.97 Å². The number of carbonyl (C=O) groups excluding carboxylic acids is 1. The molecule has 0 saturated carbocycles. The quantitative estimate of drug-likeness (QED) is 0.435. The summed E-state index contributed by atoms with van der Waals surface area (Å²) < 4.78 is 21.8. The minimum absolute atomic E-state index is 0.211. The predicted molar refractivity (Wildman–Crippen MR) is 116 cm³/mol. The van der Waals surface area contributed by atoms with Crippen LogP contribution < -0.4 is 9.47 Å². The molecule has 1 aromatic carbocycles. The van der Waals surface area contributed by atoms with Gasteiger partial charge in [-0.05, 0) is 32.0 Å². The van der Waals surface area contributed by atoms with Gasteiger partial charge in [-0.25, -0.2) is 9.78 Å². The van der Waals surface area contributed by atoms with Crippen molar-refractivity contribution in [1.82, 2.24) is 15.0 Å². The molecule has 0 fully saturated rings. The van der Waals surface area contributed by atoms with Gasteiger partial charge in [0.05, 0.1) is 31.5 Å². The summed E-state index contributed by atoms with van der Waals surface area (Å²) in [4.78, 5) is 24.6. The Labute approximate surface area is 179 Å². The first-order chi connectivity index (χ1) is 15.0. The number of aromatic nitrogens is 3. The molecular formula is C23H23N3O5. The molecule has 3 heterocycles. The third-order valence-corrected chi connectivity index (χ3v) is 4.66. The zero-order valence-electron chi connectivity index (χ0n) is 17.8. The van der Waals surface area contributed by atoms with Gasteiger partial charge >= 0.3 is 5.97 Å². The number of nitrogens with one attached hydrogen (secondary N) is 1. The van der Waals surface area contributed by atoms with Gasteiger partial charge in [-0.15, -0.1) is 0 Å². The Kier molecular flexibility index (Phi) is 5.73. The van der Waals surface area contributed by atoms with Crippen molar-refractivity contribution in [3.8, 4) is 17.5 Å². The number of aromatic amines is 1. The monoisotopic (exact) mass is 421 g/mol. The van der Waals surface area contributed by atoms with E-state index in [9.17, 15) is 4.79 Å². The topological polar surface area (TPSA) is 95.6 Å². The standard InChI is InChI=1S/C23H23N3O5/c1-13(2)30-23(27)22-16(12-28-3)21-15-10-14(8-9-17(15)25-18(21)11-24-22)31-20-7-5-6-19(26-20)29-4/h5-11,13,25H,12H2,1-4H3. The van der Waals surface area contributed by atoms with Crippen LogP contribution in [0, 0.1) is 0 Å². The normalized spacial score (nSPS) is 11.3. The van der Waals surface area contributed by atoms with Gasteiger partial charge < -0.3 is 23.9 Å². The fraction of sp³-hybridized carbons (Fsp3) is 0.261. The van der Waals surface area contributed by atoms with E-state index in [-0.39, 0.29) is 18.4 Å². The number of benzene rings is 1. The number of esters is 1. The molecule has 0 atom stereocenters. The van der Waals surface area contributed by atoms with Gasteiger partial charge in [0.2, 0.25) is 11.8 Å². The van der Waals surface area contributed by atoms with Crippen LogP contribution in [-0.2, 0) is 16.1 Å². The first kappa shape index (κ1) is 20.6. The summed E-state index contributed by atoms with van der Waals surface area (Å²) in [5.41, 5.74) is 2.58. The highest BCUT2D eigenvalue weighted by Gasteiger charge is 2.21. The van der Waals surface area contributed by atoms with Crippen LogP contribution in [0.1, 0.15) is 29.9 Å².